The van der Waals surface area contributed by atoms with Gasteiger partial charge in [0.05, 0.1) is 5.56 Å². The Morgan fingerprint density at radius 1 is 1.60 bits per heavy atom. The van der Waals surface area contributed by atoms with Crippen molar-refractivity contribution in [2.45, 2.75) is 0 Å². The molecule has 4 heteroatoms. The molecule has 0 saturated carbocycles. The molecular weight excluding hydrogens is 129 g/mol. The van der Waals surface area contributed by atoms with Crippen LogP contribution in [-0.2, 0) is 0 Å². The zero-order valence-corrected chi connectivity index (χ0v) is 5.53. The summed E-state index contributed by atoms with van der Waals surface area (Å²) in [5.74, 6) is -0.937. The van der Waals surface area contributed by atoms with Crippen molar-refractivity contribution in [2.75, 3.05) is 0 Å². The highest BCUT2D eigenvalue weighted by atomic mass is 16.4. The molecule has 1 heterocycles. The quantitative estimate of drug-likeness (QED) is 0.504. The van der Waals surface area contributed by atoms with Crippen molar-refractivity contribution in [1.82, 2.24) is 4.98 Å². The van der Waals surface area contributed by atoms with E-state index in [9.17, 15) is 4.79 Å². The molecule has 0 bridgehead atoms. The highest BCUT2D eigenvalue weighted by Gasteiger charge is 1.99. The Hall–Kier alpha value is -1.32. The Kier molecular flexibility index (Phi) is 1.71. The lowest BCUT2D eigenvalue weighted by atomic mass is 10.0. The van der Waals surface area contributed by atoms with E-state index >= 15 is 0 Å². The van der Waals surface area contributed by atoms with Crippen molar-refractivity contribution in [1.29, 1.82) is 0 Å². The molecule has 0 fully saturated rings. The van der Waals surface area contributed by atoms with Gasteiger partial charge in [-0.05, 0) is 17.7 Å². The molecule has 1 rings (SSSR count). The Bertz CT molecular complexity index is 244. The van der Waals surface area contributed by atoms with Gasteiger partial charge in [0.25, 0.3) is 0 Å². The van der Waals surface area contributed by atoms with Crippen molar-refractivity contribution >= 4 is 19.4 Å². The molecule has 1 aromatic rings. The molecule has 3 nitrogen and oxygen atoms in total. The van der Waals surface area contributed by atoms with E-state index in [1.165, 1.54) is 12.3 Å². The Labute approximate surface area is 59.1 Å². The first-order valence-electron chi connectivity index (χ1n) is 2.86. The average molecular weight is 135 g/mol. The minimum absolute atomic E-state index is 0.227. The third-order valence-electron chi connectivity index (χ3n) is 1.16. The number of aromatic nitrogens is 1. The number of nitrogens with zero attached hydrogens (tertiary/aromatic N) is 1. The van der Waals surface area contributed by atoms with Gasteiger partial charge in [0, 0.05) is 6.20 Å². The summed E-state index contributed by atoms with van der Waals surface area (Å²) in [7, 11) is 1.81. The summed E-state index contributed by atoms with van der Waals surface area (Å²) < 4.78 is 0. The number of rotatable bonds is 1. The standard InChI is InChI=1S/C6H6BNO2/c7-5-2-1-4(3-8-5)6(9)10/h1-3H,7H2,(H,9,10). The third kappa shape index (κ3) is 1.34. The van der Waals surface area contributed by atoms with Crippen LogP contribution in [0.1, 0.15) is 10.4 Å². The maximum Gasteiger partial charge on any atom is 0.337 e. The van der Waals surface area contributed by atoms with Crippen molar-refractivity contribution in [2.24, 2.45) is 0 Å². The van der Waals surface area contributed by atoms with Crippen LogP contribution < -0.4 is 5.59 Å². The summed E-state index contributed by atoms with van der Waals surface area (Å²) in [6.07, 6.45) is 1.34. The van der Waals surface area contributed by atoms with E-state index in [-0.39, 0.29) is 5.56 Å². The van der Waals surface area contributed by atoms with Gasteiger partial charge < -0.3 is 5.11 Å². The van der Waals surface area contributed by atoms with Crippen LogP contribution in [0.3, 0.4) is 0 Å². The van der Waals surface area contributed by atoms with E-state index in [1.54, 1.807) is 6.07 Å². The van der Waals surface area contributed by atoms with Crippen LogP contribution in [0.2, 0.25) is 0 Å². The molecule has 0 aliphatic carbocycles. The molecular formula is C6H6BNO2. The molecule has 0 aromatic carbocycles. The number of carbonyl (C=O) groups is 1. The minimum Gasteiger partial charge on any atom is -0.478 e. The molecule has 50 valence electrons. The number of hydrogen-bond donors (Lipinski definition) is 1. The van der Waals surface area contributed by atoms with E-state index < -0.39 is 5.97 Å². The lowest BCUT2D eigenvalue weighted by Crippen LogP contribution is -2.08. The van der Waals surface area contributed by atoms with Crippen LogP contribution in [0, 0.1) is 0 Å². The number of carboxylic acids is 1. The highest BCUT2D eigenvalue weighted by Crippen LogP contribution is 1.91. The molecule has 0 radical (unpaired) electrons. The van der Waals surface area contributed by atoms with E-state index in [1.807, 2.05) is 7.85 Å². The van der Waals surface area contributed by atoms with Gasteiger partial charge in [0.15, 0.2) is 7.85 Å². The second-order valence-corrected chi connectivity index (χ2v) is 1.99. The first-order chi connectivity index (χ1) is 4.70. The van der Waals surface area contributed by atoms with Gasteiger partial charge in [-0.15, -0.1) is 0 Å². The summed E-state index contributed by atoms with van der Waals surface area (Å²) in [6, 6.07) is 3.20. The molecule has 0 atom stereocenters. The highest BCUT2D eigenvalue weighted by molar-refractivity contribution is 6.30. The average Bonchev–Trinajstić information content (AvgIpc) is 1.88. The second-order valence-electron chi connectivity index (χ2n) is 1.99. The maximum atomic E-state index is 10.3. The fraction of sp³-hybridized carbons (Fsp3) is 0. The predicted octanol–water partition coefficient (Wildman–Crippen LogP) is -0.962. The number of hydrogen-bond acceptors (Lipinski definition) is 2. The molecule has 0 saturated heterocycles. The van der Waals surface area contributed by atoms with Gasteiger partial charge in [0.2, 0.25) is 0 Å². The first kappa shape index (κ1) is 6.80. The van der Waals surface area contributed by atoms with Gasteiger partial charge in [0.1, 0.15) is 0 Å². The molecule has 1 aromatic heterocycles. The van der Waals surface area contributed by atoms with Crippen LogP contribution in [-0.4, -0.2) is 23.9 Å². The van der Waals surface area contributed by atoms with Crippen molar-refractivity contribution < 1.29 is 9.90 Å². The second kappa shape index (κ2) is 2.52. The lowest BCUT2D eigenvalue weighted by molar-refractivity contribution is 0.0696. The van der Waals surface area contributed by atoms with Crippen LogP contribution in [0.25, 0.3) is 0 Å². The zero-order chi connectivity index (χ0) is 7.56. The molecule has 0 unspecified atom stereocenters. The van der Waals surface area contributed by atoms with Crippen LogP contribution in [0.5, 0.6) is 0 Å². The predicted molar refractivity (Wildman–Crippen MR) is 39.4 cm³/mol. The van der Waals surface area contributed by atoms with Gasteiger partial charge in [-0.1, -0.05) is 0 Å². The van der Waals surface area contributed by atoms with E-state index in [2.05, 4.69) is 4.98 Å². The molecule has 10 heavy (non-hydrogen) atoms. The molecule has 1 N–H and O–H groups in total. The SMILES string of the molecule is Bc1ccc(C(=O)O)cn1. The van der Waals surface area contributed by atoms with Crippen LogP contribution in [0.4, 0.5) is 0 Å². The fourth-order valence-electron chi connectivity index (χ4n) is 0.594. The topological polar surface area (TPSA) is 50.2 Å². The largest absolute Gasteiger partial charge is 0.478 e. The van der Waals surface area contributed by atoms with Crippen molar-refractivity contribution in [3.8, 4) is 0 Å². The van der Waals surface area contributed by atoms with Gasteiger partial charge in [-0.3, -0.25) is 4.98 Å². The Balaban J connectivity index is 3.00. The van der Waals surface area contributed by atoms with Gasteiger partial charge in [-0.25, -0.2) is 4.79 Å². The van der Waals surface area contributed by atoms with E-state index in [0.29, 0.717) is 0 Å². The van der Waals surface area contributed by atoms with Crippen molar-refractivity contribution in [3.05, 3.63) is 23.9 Å². The Morgan fingerprint density at radius 3 is 2.70 bits per heavy atom. The molecule has 0 spiro atoms. The number of carboxylic acid groups (broad SMARTS) is 1. The number of pyridine rings is 1. The molecule has 0 aliphatic heterocycles. The summed E-state index contributed by atoms with van der Waals surface area (Å²) >= 11 is 0. The van der Waals surface area contributed by atoms with Crippen LogP contribution >= 0.6 is 0 Å². The molecule has 0 aliphatic rings. The molecule has 0 amide bonds. The zero-order valence-electron chi connectivity index (χ0n) is 5.53. The van der Waals surface area contributed by atoms with E-state index in [0.717, 1.165) is 5.59 Å². The maximum absolute atomic E-state index is 10.3. The summed E-state index contributed by atoms with van der Waals surface area (Å²) in [5, 5.41) is 8.44. The summed E-state index contributed by atoms with van der Waals surface area (Å²) in [6.45, 7) is 0. The monoisotopic (exact) mass is 135 g/mol. The smallest absolute Gasteiger partial charge is 0.337 e. The first-order valence-corrected chi connectivity index (χ1v) is 2.86. The summed E-state index contributed by atoms with van der Waals surface area (Å²) in [5.41, 5.74) is 1.05. The van der Waals surface area contributed by atoms with Gasteiger partial charge in [-0.2, -0.15) is 0 Å². The Morgan fingerprint density at radius 2 is 2.30 bits per heavy atom. The number of aromatic carboxylic acids is 1. The van der Waals surface area contributed by atoms with Crippen LogP contribution in [0.15, 0.2) is 18.3 Å². The van der Waals surface area contributed by atoms with Crippen molar-refractivity contribution in [3.63, 3.8) is 0 Å². The van der Waals surface area contributed by atoms with Gasteiger partial charge >= 0.3 is 5.97 Å². The lowest BCUT2D eigenvalue weighted by Gasteiger charge is -1.92. The minimum atomic E-state index is -0.937. The fourth-order valence-corrected chi connectivity index (χ4v) is 0.594. The third-order valence-corrected chi connectivity index (χ3v) is 1.16. The van der Waals surface area contributed by atoms with E-state index in [4.69, 9.17) is 5.11 Å². The normalized spacial score (nSPS) is 9.20. The summed E-state index contributed by atoms with van der Waals surface area (Å²) in [4.78, 5) is 14.1.